The van der Waals surface area contributed by atoms with Gasteiger partial charge in [0.15, 0.2) is 5.65 Å². The zero-order valence-electron chi connectivity index (χ0n) is 19.1. The minimum atomic E-state index is -4.40. The largest absolute Gasteiger partial charge is 0.416 e. The first-order valence-electron chi connectivity index (χ1n) is 12.1. The van der Waals surface area contributed by atoms with Gasteiger partial charge in [0.2, 0.25) is 0 Å². The molecule has 1 aliphatic heterocycles. The van der Waals surface area contributed by atoms with Crippen LogP contribution in [0.2, 0.25) is 0 Å². The lowest BCUT2D eigenvalue weighted by Gasteiger charge is -2.23. The maximum absolute atomic E-state index is 13.0. The first-order chi connectivity index (χ1) is 16.9. The Labute approximate surface area is 200 Å². The summed E-state index contributed by atoms with van der Waals surface area (Å²) in [6.45, 7) is 3.30. The summed E-state index contributed by atoms with van der Waals surface area (Å²) in [6.07, 6.45) is 5.21. The molecule has 2 fully saturated rings. The van der Waals surface area contributed by atoms with E-state index in [1.54, 1.807) is 15.1 Å². The van der Waals surface area contributed by atoms with Gasteiger partial charge in [0.05, 0.1) is 24.0 Å². The van der Waals surface area contributed by atoms with Crippen molar-refractivity contribution in [3.63, 3.8) is 0 Å². The molecule has 11 heteroatoms. The average molecular weight is 485 g/mol. The van der Waals surface area contributed by atoms with Gasteiger partial charge < -0.3 is 20.4 Å². The maximum Gasteiger partial charge on any atom is 0.416 e. The monoisotopic (exact) mass is 484 g/mol. The van der Waals surface area contributed by atoms with Crippen molar-refractivity contribution >= 4 is 22.9 Å². The third-order valence-electron chi connectivity index (χ3n) is 6.83. The molecule has 3 N–H and O–H groups in total. The molecular formula is C24H27F3N8. The van der Waals surface area contributed by atoms with Gasteiger partial charge in [-0.1, -0.05) is 0 Å². The Balaban J connectivity index is 1.25. The number of aromatic nitrogens is 5. The fourth-order valence-corrected chi connectivity index (χ4v) is 4.69. The van der Waals surface area contributed by atoms with Gasteiger partial charge in [-0.15, -0.1) is 0 Å². The Hall–Kier alpha value is -3.34. The second kappa shape index (κ2) is 8.71. The number of piperidine rings is 1. The van der Waals surface area contributed by atoms with Gasteiger partial charge in [-0.25, -0.2) is 9.97 Å². The fraction of sp³-hybridized carbons (Fsp3) is 0.458. The number of nitrogens with one attached hydrogen (secondary N) is 3. The van der Waals surface area contributed by atoms with Crippen LogP contribution < -0.4 is 16.0 Å². The summed E-state index contributed by atoms with van der Waals surface area (Å²) in [6, 6.07) is 4.06. The molecule has 5 heterocycles. The van der Waals surface area contributed by atoms with Gasteiger partial charge in [0.25, 0.3) is 0 Å². The number of hydrogen-bond donors (Lipinski definition) is 3. The van der Waals surface area contributed by atoms with Crippen LogP contribution in [0.5, 0.6) is 0 Å². The molecule has 1 saturated heterocycles. The summed E-state index contributed by atoms with van der Waals surface area (Å²) < 4.78 is 42.5. The minimum absolute atomic E-state index is 0.260. The Morgan fingerprint density at radius 2 is 1.89 bits per heavy atom. The smallest absolute Gasteiger partial charge is 0.370 e. The second-order valence-electron chi connectivity index (χ2n) is 9.47. The summed E-state index contributed by atoms with van der Waals surface area (Å²) >= 11 is 0. The van der Waals surface area contributed by atoms with Crippen LogP contribution in [-0.2, 0) is 12.7 Å². The van der Waals surface area contributed by atoms with E-state index in [0.717, 1.165) is 80.3 Å². The Bertz CT molecular complexity index is 1350. The highest BCUT2D eigenvalue weighted by atomic mass is 19.4. The predicted octanol–water partition coefficient (Wildman–Crippen LogP) is 4.30. The predicted molar refractivity (Wildman–Crippen MR) is 127 cm³/mol. The topological polar surface area (TPSA) is 83.6 Å². The van der Waals surface area contributed by atoms with Crippen LogP contribution >= 0.6 is 0 Å². The number of fused-ring (bicyclic) bond motifs is 2. The molecule has 0 aromatic carbocycles. The van der Waals surface area contributed by atoms with Crippen molar-refractivity contribution in [1.29, 1.82) is 0 Å². The van der Waals surface area contributed by atoms with Gasteiger partial charge in [-0.05, 0) is 62.7 Å². The van der Waals surface area contributed by atoms with Gasteiger partial charge in [-0.2, -0.15) is 22.8 Å². The SMILES string of the molecule is FC(F)(F)c1ccn2cc(CNc3cc(NCC4CCNCC4)nc4c(C5CC5)cnn34)nc2c1. The number of alkyl halides is 3. The number of pyridine rings is 1. The van der Waals surface area contributed by atoms with Crippen molar-refractivity contribution in [3.05, 3.63) is 53.6 Å². The highest BCUT2D eigenvalue weighted by Gasteiger charge is 2.31. The molecule has 2 aliphatic rings. The van der Waals surface area contributed by atoms with Crippen LogP contribution in [0.25, 0.3) is 11.3 Å². The van der Waals surface area contributed by atoms with Gasteiger partial charge in [0, 0.05) is 30.6 Å². The number of anilines is 2. The van der Waals surface area contributed by atoms with Crippen LogP contribution in [0, 0.1) is 5.92 Å². The van der Waals surface area contributed by atoms with Crippen LogP contribution in [0.1, 0.15) is 48.4 Å². The molecule has 4 aromatic rings. The van der Waals surface area contributed by atoms with E-state index in [0.29, 0.717) is 24.1 Å². The lowest BCUT2D eigenvalue weighted by Crippen LogP contribution is -2.31. The second-order valence-corrected chi connectivity index (χ2v) is 9.47. The van der Waals surface area contributed by atoms with Crippen molar-refractivity contribution < 1.29 is 13.2 Å². The third-order valence-corrected chi connectivity index (χ3v) is 6.83. The van der Waals surface area contributed by atoms with Gasteiger partial charge in [0.1, 0.15) is 17.3 Å². The Kier molecular flexibility index (Phi) is 5.51. The van der Waals surface area contributed by atoms with Crippen molar-refractivity contribution in [3.8, 4) is 0 Å². The summed E-state index contributed by atoms with van der Waals surface area (Å²) in [5.41, 5.74) is 2.18. The number of hydrogen-bond acceptors (Lipinski definition) is 6. The fourth-order valence-electron chi connectivity index (χ4n) is 4.69. The first kappa shape index (κ1) is 22.1. The molecule has 0 unspecified atom stereocenters. The molecule has 35 heavy (non-hydrogen) atoms. The molecule has 184 valence electrons. The maximum atomic E-state index is 13.0. The number of nitrogens with zero attached hydrogens (tertiary/aromatic N) is 5. The van der Waals surface area contributed by atoms with E-state index in [1.165, 1.54) is 6.20 Å². The van der Waals surface area contributed by atoms with E-state index in [9.17, 15) is 13.2 Å². The normalized spacial score (nSPS) is 17.3. The van der Waals surface area contributed by atoms with Crippen LogP contribution in [0.15, 0.2) is 36.8 Å². The van der Waals surface area contributed by atoms with Crippen molar-refractivity contribution in [1.82, 2.24) is 29.3 Å². The zero-order valence-corrected chi connectivity index (χ0v) is 19.1. The molecule has 4 aromatic heterocycles. The minimum Gasteiger partial charge on any atom is -0.370 e. The summed E-state index contributed by atoms with van der Waals surface area (Å²) in [7, 11) is 0. The van der Waals surface area contributed by atoms with E-state index in [-0.39, 0.29) is 5.65 Å². The van der Waals surface area contributed by atoms with E-state index < -0.39 is 11.7 Å². The highest BCUT2D eigenvalue weighted by Crippen LogP contribution is 2.42. The first-order valence-corrected chi connectivity index (χ1v) is 12.1. The molecule has 8 nitrogen and oxygen atoms in total. The number of halogens is 3. The van der Waals surface area contributed by atoms with Crippen molar-refractivity contribution in [2.45, 2.75) is 44.3 Å². The zero-order chi connectivity index (χ0) is 24.0. The Morgan fingerprint density at radius 1 is 1.06 bits per heavy atom. The van der Waals surface area contributed by atoms with Crippen LogP contribution in [0.3, 0.4) is 0 Å². The lowest BCUT2D eigenvalue weighted by atomic mass is 9.98. The molecule has 0 amide bonds. The molecule has 0 atom stereocenters. The Morgan fingerprint density at radius 3 is 2.66 bits per heavy atom. The van der Waals surface area contributed by atoms with Gasteiger partial charge in [-0.3, -0.25) is 0 Å². The molecule has 0 radical (unpaired) electrons. The quantitative estimate of drug-likeness (QED) is 0.363. The summed E-state index contributed by atoms with van der Waals surface area (Å²) in [4.78, 5) is 9.25. The van der Waals surface area contributed by atoms with E-state index in [2.05, 4.69) is 26.0 Å². The van der Waals surface area contributed by atoms with Crippen LogP contribution in [0.4, 0.5) is 24.8 Å². The highest BCUT2D eigenvalue weighted by molar-refractivity contribution is 5.61. The molecule has 0 bridgehead atoms. The van der Waals surface area contributed by atoms with Crippen LogP contribution in [-0.4, -0.2) is 43.6 Å². The third kappa shape index (κ3) is 4.64. The standard InChI is InChI=1S/C24H27F3N8/c25-24(26,27)17-5-8-34-14-18(32-22(34)9-17)12-30-21-10-20(29-11-15-3-6-28-7-4-15)33-23-19(16-1-2-16)13-31-35(21)23/h5,8-10,13-16,28,30H,1-4,6-7,11-12H2,(H,29,33). The molecule has 1 saturated carbocycles. The van der Waals surface area contributed by atoms with E-state index in [4.69, 9.17) is 4.98 Å². The molecule has 0 spiro atoms. The molecule has 1 aliphatic carbocycles. The number of imidazole rings is 1. The summed E-state index contributed by atoms with van der Waals surface area (Å²) in [5.74, 6) is 2.68. The van der Waals surface area contributed by atoms with E-state index in [1.807, 2.05) is 12.3 Å². The van der Waals surface area contributed by atoms with Crippen molar-refractivity contribution in [2.75, 3.05) is 30.3 Å². The molecule has 6 rings (SSSR count). The lowest BCUT2D eigenvalue weighted by molar-refractivity contribution is -0.137. The number of rotatable bonds is 7. The molecular weight excluding hydrogens is 457 g/mol. The van der Waals surface area contributed by atoms with E-state index >= 15 is 0 Å². The van der Waals surface area contributed by atoms with Gasteiger partial charge >= 0.3 is 6.18 Å². The van der Waals surface area contributed by atoms with Crippen molar-refractivity contribution in [2.24, 2.45) is 5.92 Å². The summed E-state index contributed by atoms with van der Waals surface area (Å²) in [5, 5.41) is 14.9. The average Bonchev–Trinajstić information content (AvgIpc) is 3.46.